The molecule has 3 heteroatoms. The maximum atomic E-state index is 5.45. The largest absolute Gasteiger partial charge is 0.398 e. The number of terminal acetylenes is 1. The number of pyridine rings is 1. The number of halogens is 1. The van der Waals surface area contributed by atoms with Crippen LogP contribution >= 0.6 is 12.4 Å². The lowest BCUT2D eigenvalue weighted by Gasteiger charge is -1.92. The van der Waals surface area contributed by atoms with Crippen LogP contribution in [0.25, 0.3) is 0 Å². The molecule has 0 aliphatic rings. The average Bonchev–Trinajstić information content (AvgIpc) is 1.89. The van der Waals surface area contributed by atoms with Crippen LogP contribution in [0.3, 0.4) is 0 Å². The molecule has 1 aromatic rings. The number of rotatable bonds is 0. The van der Waals surface area contributed by atoms with Gasteiger partial charge in [-0.1, -0.05) is 5.92 Å². The zero-order chi connectivity index (χ0) is 6.69. The SMILES string of the molecule is C#Cc1cnccc1N.Cl. The predicted octanol–water partition coefficient (Wildman–Crippen LogP) is 1.07. The van der Waals surface area contributed by atoms with Crippen LogP contribution in [0.1, 0.15) is 5.56 Å². The first-order valence-electron chi connectivity index (χ1n) is 2.50. The lowest BCUT2D eigenvalue weighted by Crippen LogP contribution is -1.89. The van der Waals surface area contributed by atoms with Crippen molar-refractivity contribution in [2.24, 2.45) is 0 Å². The molecule has 0 amide bonds. The molecule has 0 saturated carbocycles. The third kappa shape index (κ3) is 1.64. The second-order valence-corrected chi connectivity index (χ2v) is 1.61. The van der Waals surface area contributed by atoms with Gasteiger partial charge in [0.05, 0.1) is 11.3 Å². The number of nitrogens with two attached hydrogens (primary N) is 1. The molecule has 0 aliphatic carbocycles. The molecule has 0 bridgehead atoms. The number of nitrogen functional groups attached to an aromatic ring is 1. The summed E-state index contributed by atoms with van der Waals surface area (Å²) in [6.45, 7) is 0. The van der Waals surface area contributed by atoms with Gasteiger partial charge in [0.2, 0.25) is 0 Å². The normalized spacial score (nSPS) is 7.50. The zero-order valence-corrected chi connectivity index (χ0v) is 6.06. The highest BCUT2D eigenvalue weighted by atomic mass is 35.5. The average molecular weight is 155 g/mol. The van der Waals surface area contributed by atoms with Crippen molar-refractivity contribution in [2.75, 3.05) is 5.73 Å². The van der Waals surface area contributed by atoms with Crippen LogP contribution in [-0.4, -0.2) is 4.98 Å². The number of nitrogens with zero attached hydrogens (tertiary/aromatic N) is 1. The van der Waals surface area contributed by atoms with Crippen molar-refractivity contribution in [3.8, 4) is 12.3 Å². The lowest BCUT2D eigenvalue weighted by atomic mass is 10.2. The Morgan fingerprint density at radius 1 is 1.60 bits per heavy atom. The Hall–Kier alpha value is -1.20. The van der Waals surface area contributed by atoms with E-state index in [0.29, 0.717) is 11.3 Å². The van der Waals surface area contributed by atoms with E-state index in [0.717, 1.165) is 0 Å². The summed E-state index contributed by atoms with van der Waals surface area (Å²) in [5.74, 6) is 2.41. The number of aromatic nitrogens is 1. The van der Waals surface area contributed by atoms with Gasteiger partial charge in [0.25, 0.3) is 0 Å². The summed E-state index contributed by atoms with van der Waals surface area (Å²) in [4.78, 5) is 3.79. The van der Waals surface area contributed by atoms with Gasteiger partial charge in [-0.2, -0.15) is 0 Å². The molecule has 1 rings (SSSR count). The molecule has 0 saturated heterocycles. The molecule has 1 heterocycles. The molecule has 10 heavy (non-hydrogen) atoms. The number of hydrogen-bond donors (Lipinski definition) is 1. The van der Waals surface area contributed by atoms with Crippen LogP contribution in [0, 0.1) is 12.3 Å². The molecular weight excluding hydrogens is 148 g/mol. The molecular formula is C7H7ClN2. The molecule has 0 radical (unpaired) electrons. The van der Waals surface area contributed by atoms with Crippen molar-refractivity contribution in [3.63, 3.8) is 0 Å². The summed E-state index contributed by atoms with van der Waals surface area (Å²) in [6, 6.07) is 1.68. The Balaban J connectivity index is 0.000000810. The number of anilines is 1. The van der Waals surface area contributed by atoms with Gasteiger partial charge in [0.15, 0.2) is 0 Å². The Bertz CT molecular complexity index is 252. The minimum absolute atomic E-state index is 0. The highest BCUT2D eigenvalue weighted by Gasteiger charge is 1.89. The maximum absolute atomic E-state index is 5.45. The Morgan fingerprint density at radius 3 is 2.70 bits per heavy atom. The van der Waals surface area contributed by atoms with Crippen molar-refractivity contribution in [2.45, 2.75) is 0 Å². The smallest absolute Gasteiger partial charge is 0.0655 e. The molecule has 52 valence electrons. The summed E-state index contributed by atoms with van der Waals surface area (Å²) in [5, 5.41) is 0. The fourth-order valence-electron chi connectivity index (χ4n) is 0.526. The first-order valence-corrected chi connectivity index (χ1v) is 2.50. The standard InChI is InChI=1S/C7H6N2.ClH/c1-2-6-5-9-4-3-7(6)8;/h1,3-5H,(H2,8,9);1H. The van der Waals surface area contributed by atoms with E-state index in [1.165, 1.54) is 0 Å². The van der Waals surface area contributed by atoms with E-state index in [1.54, 1.807) is 18.5 Å². The molecule has 0 atom stereocenters. The minimum atomic E-state index is 0. The Labute approximate surface area is 65.9 Å². The fourth-order valence-corrected chi connectivity index (χ4v) is 0.526. The van der Waals surface area contributed by atoms with Crippen LogP contribution in [0.4, 0.5) is 5.69 Å². The lowest BCUT2D eigenvalue weighted by molar-refractivity contribution is 1.32. The molecule has 0 spiro atoms. The van der Waals surface area contributed by atoms with Crippen LogP contribution < -0.4 is 5.73 Å². The molecule has 0 unspecified atom stereocenters. The third-order valence-electron chi connectivity index (χ3n) is 1.01. The first-order chi connectivity index (χ1) is 4.34. The van der Waals surface area contributed by atoms with Crippen LogP contribution in [-0.2, 0) is 0 Å². The Kier molecular flexibility index (Phi) is 3.30. The van der Waals surface area contributed by atoms with Crippen LogP contribution in [0.2, 0.25) is 0 Å². The van der Waals surface area contributed by atoms with Gasteiger partial charge >= 0.3 is 0 Å². The summed E-state index contributed by atoms with van der Waals surface area (Å²) in [7, 11) is 0. The zero-order valence-electron chi connectivity index (χ0n) is 5.24. The van der Waals surface area contributed by atoms with Crippen molar-refractivity contribution in [1.82, 2.24) is 4.98 Å². The quantitative estimate of drug-likeness (QED) is 0.568. The maximum Gasteiger partial charge on any atom is 0.0655 e. The third-order valence-corrected chi connectivity index (χ3v) is 1.01. The van der Waals surface area contributed by atoms with Crippen molar-refractivity contribution in [1.29, 1.82) is 0 Å². The van der Waals surface area contributed by atoms with Gasteiger partial charge in [-0.05, 0) is 6.07 Å². The minimum Gasteiger partial charge on any atom is -0.398 e. The van der Waals surface area contributed by atoms with Crippen molar-refractivity contribution < 1.29 is 0 Å². The van der Waals surface area contributed by atoms with E-state index < -0.39 is 0 Å². The van der Waals surface area contributed by atoms with Gasteiger partial charge < -0.3 is 5.73 Å². The van der Waals surface area contributed by atoms with Gasteiger partial charge in [-0.25, -0.2) is 0 Å². The summed E-state index contributed by atoms with van der Waals surface area (Å²) >= 11 is 0. The van der Waals surface area contributed by atoms with E-state index in [4.69, 9.17) is 12.2 Å². The first kappa shape index (κ1) is 8.80. The van der Waals surface area contributed by atoms with E-state index in [9.17, 15) is 0 Å². The van der Waals surface area contributed by atoms with E-state index >= 15 is 0 Å². The predicted molar refractivity (Wildman–Crippen MR) is 43.8 cm³/mol. The summed E-state index contributed by atoms with van der Waals surface area (Å²) in [6.07, 6.45) is 8.25. The van der Waals surface area contributed by atoms with E-state index in [-0.39, 0.29) is 12.4 Å². The molecule has 2 N–H and O–H groups in total. The highest BCUT2D eigenvalue weighted by molar-refractivity contribution is 5.85. The Morgan fingerprint density at radius 2 is 2.30 bits per heavy atom. The highest BCUT2D eigenvalue weighted by Crippen LogP contribution is 2.04. The molecule has 1 aromatic heterocycles. The van der Waals surface area contributed by atoms with Crippen molar-refractivity contribution >= 4 is 18.1 Å². The van der Waals surface area contributed by atoms with E-state index in [1.807, 2.05) is 0 Å². The number of hydrogen-bond acceptors (Lipinski definition) is 2. The molecule has 0 fully saturated rings. The van der Waals surface area contributed by atoms with Crippen LogP contribution in [0.15, 0.2) is 18.5 Å². The molecule has 0 aromatic carbocycles. The van der Waals surface area contributed by atoms with Crippen LogP contribution in [0.5, 0.6) is 0 Å². The fraction of sp³-hybridized carbons (Fsp3) is 0. The van der Waals surface area contributed by atoms with Gasteiger partial charge in [-0.3, -0.25) is 4.98 Å². The second-order valence-electron chi connectivity index (χ2n) is 1.61. The molecule has 2 nitrogen and oxygen atoms in total. The van der Waals surface area contributed by atoms with Gasteiger partial charge in [0, 0.05) is 12.4 Å². The monoisotopic (exact) mass is 154 g/mol. The van der Waals surface area contributed by atoms with Crippen molar-refractivity contribution in [3.05, 3.63) is 24.0 Å². The molecule has 0 aliphatic heterocycles. The van der Waals surface area contributed by atoms with Gasteiger partial charge in [-0.15, -0.1) is 18.8 Å². The van der Waals surface area contributed by atoms with Gasteiger partial charge in [0.1, 0.15) is 0 Å². The second kappa shape index (κ2) is 3.76. The summed E-state index contributed by atoms with van der Waals surface area (Å²) < 4.78 is 0. The van der Waals surface area contributed by atoms with E-state index in [2.05, 4.69) is 10.9 Å². The summed E-state index contributed by atoms with van der Waals surface area (Å²) in [5.41, 5.74) is 6.70. The topological polar surface area (TPSA) is 38.9 Å².